The molecular formula is C11H14N4O. The van der Waals surface area contributed by atoms with Gasteiger partial charge < -0.3 is 14.2 Å². The zero-order valence-corrected chi connectivity index (χ0v) is 8.95. The van der Waals surface area contributed by atoms with E-state index in [9.17, 15) is 0 Å². The Hall–Kier alpha value is -1.62. The minimum absolute atomic E-state index is 0.00507. The van der Waals surface area contributed by atoms with E-state index in [2.05, 4.69) is 14.5 Å². The Bertz CT molecular complexity index is 484. The molecule has 1 aliphatic carbocycles. The predicted octanol–water partition coefficient (Wildman–Crippen LogP) is 0.955. The lowest BCUT2D eigenvalue weighted by Crippen LogP contribution is -2.04. The lowest BCUT2D eigenvalue weighted by molar-refractivity contribution is 0.277. The van der Waals surface area contributed by atoms with E-state index >= 15 is 0 Å². The summed E-state index contributed by atoms with van der Waals surface area (Å²) in [4.78, 5) is 8.28. The summed E-state index contributed by atoms with van der Waals surface area (Å²) in [5.41, 5.74) is 1.90. The largest absolute Gasteiger partial charge is 0.390 e. The van der Waals surface area contributed by atoms with Crippen molar-refractivity contribution >= 4 is 0 Å². The molecule has 5 heteroatoms. The van der Waals surface area contributed by atoms with Gasteiger partial charge in [0.2, 0.25) is 0 Å². The van der Waals surface area contributed by atoms with Crippen LogP contribution in [0, 0.1) is 0 Å². The standard InChI is InChI=1S/C11H14N4O/c16-6-9-4-14(8-13-9)5-11-3-12-7-15(11)10-1-2-10/h3-4,7-8,10,16H,1-2,5-6H2. The van der Waals surface area contributed by atoms with E-state index in [1.165, 1.54) is 18.5 Å². The normalized spacial score (nSPS) is 15.6. The molecule has 1 N–H and O–H groups in total. The third kappa shape index (κ3) is 1.74. The highest BCUT2D eigenvalue weighted by molar-refractivity contribution is 5.06. The van der Waals surface area contributed by atoms with Crippen molar-refractivity contribution in [3.8, 4) is 0 Å². The molecule has 2 heterocycles. The highest BCUT2D eigenvalue weighted by atomic mass is 16.3. The van der Waals surface area contributed by atoms with Gasteiger partial charge in [-0.15, -0.1) is 0 Å². The SMILES string of the molecule is OCc1cn(Cc2cncn2C2CC2)cn1. The summed E-state index contributed by atoms with van der Waals surface area (Å²) in [7, 11) is 0. The first-order chi connectivity index (χ1) is 7.86. The van der Waals surface area contributed by atoms with Crippen molar-refractivity contribution in [1.82, 2.24) is 19.1 Å². The van der Waals surface area contributed by atoms with Gasteiger partial charge in [0.1, 0.15) is 0 Å². The van der Waals surface area contributed by atoms with E-state index in [-0.39, 0.29) is 6.61 Å². The minimum Gasteiger partial charge on any atom is -0.390 e. The molecule has 1 aliphatic rings. The highest BCUT2D eigenvalue weighted by Gasteiger charge is 2.25. The number of aliphatic hydroxyl groups is 1. The molecule has 1 fully saturated rings. The highest BCUT2D eigenvalue weighted by Crippen LogP contribution is 2.35. The fourth-order valence-electron chi connectivity index (χ4n) is 1.90. The summed E-state index contributed by atoms with van der Waals surface area (Å²) < 4.78 is 4.21. The van der Waals surface area contributed by atoms with Crippen LogP contribution in [-0.2, 0) is 13.2 Å². The molecule has 3 rings (SSSR count). The predicted molar refractivity (Wildman–Crippen MR) is 57.7 cm³/mol. The number of rotatable bonds is 4. The second-order valence-electron chi connectivity index (χ2n) is 4.22. The molecule has 0 aliphatic heterocycles. The zero-order chi connectivity index (χ0) is 11.0. The van der Waals surface area contributed by atoms with E-state index in [1.807, 2.05) is 23.3 Å². The van der Waals surface area contributed by atoms with Crippen LogP contribution in [0.5, 0.6) is 0 Å². The molecule has 0 unspecified atom stereocenters. The Balaban J connectivity index is 1.79. The van der Waals surface area contributed by atoms with Crippen LogP contribution in [0.2, 0.25) is 0 Å². The van der Waals surface area contributed by atoms with Gasteiger partial charge in [-0.1, -0.05) is 0 Å². The summed E-state index contributed by atoms with van der Waals surface area (Å²) in [6, 6.07) is 0.651. The summed E-state index contributed by atoms with van der Waals surface area (Å²) in [5, 5.41) is 8.94. The van der Waals surface area contributed by atoms with Crippen molar-refractivity contribution in [3.63, 3.8) is 0 Å². The Kier molecular flexibility index (Phi) is 2.25. The van der Waals surface area contributed by atoms with Crippen LogP contribution in [-0.4, -0.2) is 24.2 Å². The van der Waals surface area contributed by atoms with Crippen LogP contribution in [0.25, 0.3) is 0 Å². The van der Waals surface area contributed by atoms with Crippen LogP contribution < -0.4 is 0 Å². The van der Waals surface area contributed by atoms with Crippen molar-refractivity contribution in [3.05, 3.63) is 36.4 Å². The Morgan fingerprint density at radius 2 is 2.25 bits per heavy atom. The number of hydrogen-bond donors (Lipinski definition) is 1. The third-order valence-corrected chi connectivity index (χ3v) is 2.88. The quantitative estimate of drug-likeness (QED) is 0.831. The lowest BCUT2D eigenvalue weighted by atomic mass is 10.4. The van der Waals surface area contributed by atoms with Gasteiger partial charge in [0.15, 0.2) is 0 Å². The lowest BCUT2D eigenvalue weighted by Gasteiger charge is -2.06. The molecule has 0 spiro atoms. The fourth-order valence-corrected chi connectivity index (χ4v) is 1.90. The number of nitrogens with zero attached hydrogens (tertiary/aromatic N) is 4. The van der Waals surface area contributed by atoms with E-state index in [0.29, 0.717) is 11.7 Å². The number of hydrogen-bond acceptors (Lipinski definition) is 3. The molecule has 2 aromatic heterocycles. The Morgan fingerprint density at radius 1 is 1.38 bits per heavy atom. The van der Waals surface area contributed by atoms with E-state index in [1.54, 1.807) is 6.33 Å². The van der Waals surface area contributed by atoms with E-state index < -0.39 is 0 Å². The Morgan fingerprint density at radius 3 is 2.94 bits per heavy atom. The summed E-state index contributed by atoms with van der Waals surface area (Å²) in [6.45, 7) is 0.762. The smallest absolute Gasteiger partial charge is 0.0954 e. The molecule has 2 aromatic rings. The number of aliphatic hydroxyl groups excluding tert-OH is 1. The maximum absolute atomic E-state index is 8.94. The van der Waals surface area contributed by atoms with Gasteiger partial charge in [-0.25, -0.2) is 9.97 Å². The summed E-state index contributed by atoms with van der Waals surface area (Å²) >= 11 is 0. The van der Waals surface area contributed by atoms with Crippen molar-refractivity contribution < 1.29 is 5.11 Å². The van der Waals surface area contributed by atoms with Gasteiger partial charge in [-0.05, 0) is 12.8 Å². The molecule has 84 valence electrons. The molecule has 0 atom stereocenters. The number of aromatic nitrogens is 4. The van der Waals surface area contributed by atoms with Crippen molar-refractivity contribution in [2.45, 2.75) is 32.0 Å². The van der Waals surface area contributed by atoms with Crippen molar-refractivity contribution in [2.75, 3.05) is 0 Å². The topological polar surface area (TPSA) is 55.9 Å². The van der Waals surface area contributed by atoms with E-state index in [4.69, 9.17) is 5.11 Å². The van der Waals surface area contributed by atoms with Gasteiger partial charge >= 0.3 is 0 Å². The second kappa shape index (κ2) is 3.75. The maximum Gasteiger partial charge on any atom is 0.0954 e. The molecule has 0 saturated heterocycles. The van der Waals surface area contributed by atoms with Gasteiger partial charge in [0.05, 0.1) is 37.2 Å². The maximum atomic E-state index is 8.94. The molecule has 1 saturated carbocycles. The third-order valence-electron chi connectivity index (χ3n) is 2.88. The summed E-state index contributed by atoms with van der Waals surface area (Å²) in [6.07, 6.45) is 9.93. The van der Waals surface area contributed by atoms with Crippen LogP contribution in [0.1, 0.15) is 30.3 Å². The van der Waals surface area contributed by atoms with Gasteiger partial charge in [0.25, 0.3) is 0 Å². The van der Waals surface area contributed by atoms with Crippen LogP contribution in [0.3, 0.4) is 0 Å². The molecule has 0 radical (unpaired) electrons. The van der Waals surface area contributed by atoms with Gasteiger partial charge in [-0.3, -0.25) is 0 Å². The molecule has 0 amide bonds. The van der Waals surface area contributed by atoms with Crippen molar-refractivity contribution in [2.24, 2.45) is 0 Å². The van der Waals surface area contributed by atoms with Crippen LogP contribution in [0.4, 0.5) is 0 Å². The van der Waals surface area contributed by atoms with Crippen LogP contribution in [0.15, 0.2) is 25.0 Å². The minimum atomic E-state index is -0.00507. The number of imidazole rings is 2. The average Bonchev–Trinajstić information content (AvgIpc) is 2.88. The van der Waals surface area contributed by atoms with E-state index in [0.717, 1.165) is 6.54 Å². The molecular weight excluding hydrogens is 204 g/mol. The first-order valence-corrected chi connectivity index (χ1v) is 5.49. The van der Waals surface area contributed by atoms with Gasteiger partial charge in [0, 0.05) is 18.4 Å². The second-order valence-corrected chi connectivity index (χ2v) is 4.22. The molecule has 0 bridgehead atoms. The molecule has 0 aromatic carbocycles. The van der Waals surface area contributed by atoms with Crippen LogP contribution >= 0.6 is 0 Å². The fraction of sp³-hybridized carbons (Fsp3) is 0.455. The molecule has 16 heavy (non-hydrogen) atoms. The summed E-state index contributed by atoms with van der Waals surface area (Å²) in [5.74, 6) is 0. The Labute approximate surface area is 93.4 Å². The first-order valence-electron chi connectivity index (χ1n) is 5.49. The van der Waals surface area contributed by atoms with Gasteiger partial charge in [-0.2, -0.15) is 0 Å². The average molecular weight is 218 g/mol. The first kappa shape index (κ1) is 9.59. The monoisotopic (exact) mass is 218 g/mol. The van der Waals surface area contributed by atoms with Crippen molar-refractivity contribution in [1.29, 1.82) is 0 Å². The zero-order valence-electron chi connectivity index (χ0n) is 8.95. The molecule has 5 nitrogen and oxygen atoms in total.